The number of halogens is 4. The molecule has 0 fully saturated rings. The minimum atomic E-state index is -0.585. The normalized spacial score (nSPS) is 12.5. The van der Waals surface area contributed by atoms with Crippen LogP contribution >= 0.6 is 31.9 Å². The Kier molecular flexibility index (Phi) is 4.94. The molecule has 5 heteroatoms. The summed E-state index contributed by atoms with van der Waals surface area (Å²) in [6.45, 7) is 1.94. The first-order valence-corrected chi connectivity index (χ1v) is 7.61. The van der Waals surface area contributed by atoms with Crippen molar-refractivity contribution in [2.24, 2.45) is 0 Å². The van der Waals surface area contributed by atoms with Crippen molar-refractivity contribution in [1.29, 1.82) is 0 Å². The van der Waals surface area contributed by atoms with Gasteiger partial charge >= 0.3 is 0 Å². The van der Waals surface area contributed by atoms with Gasteiger partial charge in [0, 0.05) is 10.0 Å². The van der Waals surface area contributed by atoms with Gasteiger partial charge in [0.05, 0.1) is 10.5 Å². The second-order valence-electron chi connectivity index (χ2n) is 4.46. The Balaban J connectivity index is 2.65. The summed E-state index contributed by atoms with van der Waals surface area (Å²) in [7, 11) is 1.68. The highest BCUT2D eigenvalue weighted by atomic mass is 79.9. The molecule has 0 aliphatic rings. The third-order valence-electron chi connectivity index (χ3n) is 3.19. The molecule has 0 saturated carbocycles. The van der Waals surface area contributed by atoms with E-state index < -0.39 is 17.7 Å². The zero-order valence-electron chi connectivity index (χ0n) is 11.0. The number of nitrogens with one attached hydrogen (secondary N) is 1. The summed E-state index contributed by atoms with van der Waals surface area (Å²) in [4.78, 5) is 0. The molecule has 0 amide bonds. The molecule has 1 atom stereocenters. The molecule has 2 aromatic rings. The third-order valence-corrected chi connectivity index (χ3v) is 4.89. The Bertz CT molecular complexity index is 644. The molecule has 20 heavy (non-hydrogen) atoms. The van der Waals surface area contributed by atoms with Crippen LogP contribution in [0.15, 0.2) is 39.3 Å². The van der Waals surface area contributed by atoms with Crippen LogP contribution in [-0.4, -0.2) is 7.05 Å². The molecular weight excluding hydrogens is 392 g/mol. The van der Waals surface area contributed by atoms with Gasteiger partial charge in [-0.05, 0) is 53.2 Å². The first-order chi connectivity index (χ1) is 9.47. The Morgan fingerprint density at radius 1 is 1.10 bits per heavy atom. The fourth-order valence-electron chi connectivity index (χ4n) is 2.16. The molecule has 0 saturated heterocycles. The van der Waals surface area contributed by atoms with Gasteiger partial charge in [-0.1, -0.05) is 34.1 Å². The number of aryl methyl sites for hydroxylation is 1. The Morgan fingerprint density at radius 3 is 2.45 bits per heavy atom. The first kappa shape index (κ1) is 15.6. The van der Waals surface area contributed by atoms with Crippen molar-refractivity contribution in [2.45, 2.75) is 13.0 Å². The molecule has 0 radical (unpaired) electrons. The molecule has 2 rings (SSSR count). The van der Waals surface area contributed by atoms with Crippen LogP contribution in [0.25, 0.3) is 0 Å². The standard InChI is InChI=1S/C15H13Br2F2N/c1-8-4-3-5-9(13(8)17)15(20-2)12-11(18)7-6-10(16)14(12)19/h3-7,15,20H,1-2H3. The molecule has 0 aliphatic heterocycles. The summed E-state index contributed by atoms with van der Waals surface area (Å²) in [6, 6.07) is 7.71. The van der Waals surface area contributed by atoms with Crippen LogP contribution in [0.2, 0.25) is 0 Å². The molecule has 1 nitrogen and oxygen atoms in total. The fraction of sp³-hybridized carbons (Fsp3) is 0.200. The molecule has 0 aromatic heterocycles. The van der Waals surface area contributed by atoms with Crippen LogP contribution in [0.5, 0.6) is 0 Å². The van der Waals surface area contributed by atoms with E-state index >= 15 is 0 Å². The van der Waals surface area contributed by atoms with E-state index in [1.807, 2.05) is 25.1 Å². The minimum absolute atomic E-state index is 0.00757. The molecule has 1 N–H and O–H groups in total. The van der Waals surface area contributed by atoms with Gasteiger partial charge in [-0.3, -0.25) is 0 Å². The Hall–Kier alpha value is -0.780. The predicted octanol–water partition coefficient (Wildman–Crippen LogP) is 5.11. The van der Waals surface area contributed by atoms with E-state index in [0.717, 1.165) is 15.6 Å². The van der Waals surface area contributed by atoms with Crippen LogP contribution in [0.3, 0.4) is 0 Å². The highest BCUT2D eigenvalue weighted by Crippen LogP contribution is 2.34. The minimum Gasteiger partial charge on any atom is -0.309 e. The molecule has 0 bridgehead atoms. The summed E-state index contributed by atoms with van der Waals surface area (Å²) < 4.78 is 29.4. The van der Waals surface area contributed by atoms with Crippen molar-refractivity contribution in [3.8, 4) is 0 Å². The van der Waals surface area contributed by atoms with Crippen LogP contribution < -0.4 is 5.32 Å². The summed E-state index contributed by atoms with van der Waals surface area (Å²) in [5.41, 5.74) is 1.81. The summed E-state index contributed by atoms with van der Waals surface area (Å²) >= 11 is 6.59. The number of benzene rings is 2. The average Bonchev–Trinajstić information content (AvgIpc) is 2.43. The molecule has 0 spiro atoms. The maximum Gasteiger partial charge on any atom is 0.145 e. The first-order valence-electron chi connectivity index (χ1n) is 6.03. The lowest BCUT2D eigenvalue weighted by Gasteiger charge is -2.21. The number of hydrogen-bond acceptors (Lipinski definition) is 1. The maximum absolute atomic E-state index is 14.3. The molecule has 0 aliphatic carbocycles. The Morgan fingerprint density at radius 2 is 1.80 bits per heavy atom. The van der Waals surface area contributed by atoms with E-state index in [9.17, 15) is 8.78 Å². The number of rotatable bonds is 3. The van der Waals surface area contributed by atoms with E-state index in [0.29, 0.717) is 0 Å². The van der Waals surface area contributed by atoms with Crippen molar-refractivity contribution in [2.75, 3.05) is 7.05 Å². The van der Waals surface area contributed by atoms with Gasteiger partial charge in [0.25, 0.3) is 0 Å². The lowest BCUT2D eigenvalue weighted by atomic mass is 9.96. The van der Waals surface area contributed by atoms with Crippen molar-refractivity contribution < 1.29 is 8.78 Å². The molecule has 2 aromatic carbocycles. The van der Waals surface area contributed by atoms with Crippen LogP contribution in [0.4, 0.5) is 8.78 Å². The topological polar surface area (TPSA) is 12.0 Å². The van der Waals surface area contributed by atoms with E-state index in [2.05, 4.69) is 37.2 Å². The molecule has 0 heterocycles. The zero-order chi connectivity index (χ0) is 14.9. The summed E-state index contributed by atoms with van der Waals surface area (Å²) in [6.07, 6.45) is 0. The molecule has 106 valence electrons. The fourth-order valence-corrected chi connectivity index (χ4v) is 2.99. The highest BCUT2D eigenvalue weighted by Gasteiger charge is 2.24. The van der Waals surface area contributed by atoms with Gasteiger partial charge in [0.1, 0.15) is 11.6 Å². The van der Waals surface area contributed by atoms with Crippen LogP contribution in [0, 0.1) is 18.6 Å². The van der Waals surface area contributed by atoms with E-state index in [1.165, 1.54) is 12.1 Å². The van der Waals surface area contributed by atoms with E-state index in [1.54, 1.807) is 7.05 Å². The highest BCUT2D eigenvalue weighted by molar-refractivity contribution is 9.10. The van der Waals surface area contributed by atoms with Crippen molar-refractivity contribution >= 4 is 31.9 Å². The maximum atomic E-state index is 14.3. The number of hydrogen-bond donors (Lipinski definition) is 1. The second kappa shape index (κ2) is 6.33. The van der Waals surface area contributed by atoms with Crippen molar-refractivity contribution in [3.05, 3.63) is 67.6 Å². The Labute approximate surface area is 133 Å². The predicted molar refractivity (Wildman–Crippen MR) is 83.8 cm³/mol. The van der Waals surface area contributed by atoms with Crippen molar-refractivity contribution in [1.82, 2.24) is 5.32 Å². The van der Waals surface area contributed by atoms with E-state index in [4.69, 9.17) is 0 Å². The SMILES string of the molecule is CNC(c1cccc(C)c1Br)c1c(F)ccc(Br)c1F. The van der Waals surface area contributed by atoms with Gasteiger partial charge in [-0.15, -0.1) is 0 Å². The molecule has 1 unspecified atom stereocenters. The lowest BCUT2D eigenvalue weighted by Crippen LogP contribution is -2.21. The smallest absolute Gasteiger partial charge is 0.145 e. The van der Waals surface area contributed by atoms with E-state index in [-0.39, 0.29) is 10.0 Å². The van der Waals surface area contributed by atoms with Gasteiger partial charge < -0.3 is 5.32 Å². The lowest BCUT2D eigenvalue weighted by molar-refractivity contribution is 0.518. The van der Waals surface area contributed by atoms with Gasteiger partial charge in [0.2, 0.25) is 0 Å². The average molecular weight is 405 g/mol. The summed E-state index contributed by atoms with van der Waals surface area (Å²) in [5.74, 6) is -1.16. The zero-order valence-corrected chi connectivity index (χ0v) is 14.1. The van der Waals surface area contributed by atoms with Crippen LogP contribution in [-0.2, 0) is 0 Å². The van der Waals surface area contributed by atoms with Gasteiger partial charge in [-0.25, -0.2) is 8.78 Å². The quantitative estimate of drug-likeness (QED) is 0.701. The van der Waals surface area contributed by atoms with Gasteiger partial charge in [-0.2, -0.15) is 0 Å². The van der Waals surface area contributed by atoms with Crippen molar-refractivity contribution in [3.63, 3.8) is 0 Å². The molecular formula is C15H13Br2F2N. The monoisotopic (exact) mass is 403 g/mol. The van der Waals surface area contributed by atoms with Gasteiger partial charge in [0.15, 0.2) is 0 Å². The van der Waals surface area contributed by atoms with Crippen LogP contribution in [0.1, 0.15) is 22.7 Å². The summed E-state index contributed by atoms with van der Waals surface area (Å²) in [5, 5.41) is 2.98. The third kappa shape index (κ3) is 2.80. The largest absolute Gasteiger partial charge is 0.309 e. The second-order valence-corrected chi connectivity index (χ2v) is 6.10.